The molecule has 1 aliphatic heterocycles. The molecule has 0 spiro atoms. The van der Waals surface area contributed by atoms with Crippen molar-refractivity contribution in [3.05, 3.63) is 194 Å². The number of hydrogen-bond donors (Lipinski definition) is 0. The molecule has 1 heterocycles. The van der Waals surface area contributed by atoms with Gasteiger partial charge in [0.25, 0.3) is 0 Å². The highest BCUT2D eigenvalue weighted by Gasteiger charge is 2.37. The van der Waals surface area contributed by atoms with Crippen molar-refractivity contribution in [2.45, 2.75) is 13.1 Å². The second-order valence-electron chi connectivity index (χ2n) is 14.0. The molecule has 8 aromatic rings. The fourth-order valence-corrected chi connectivity index (χ4v) is 10.8. The molecular formula is C50H38OSi. The molecule has 0 saturated heterocycles. The summed E-state index contributed by atoms with van der Waals surface area (Å²) in [5.74, 6) is 1.99. The van der Waals surface area contributed by atoms with E-state index >= 15 is 0 Å². The van der Waals surface area contributed by atoms with Crippen LogP contribution in [0, 0.1) is 0 Å². The minimum Gasteiger partial charge on any atom is -0.457 e. The van der Waals surface area contributed by atoms with Crippen LogP contribution in [-0.2, 0) is 0 Å². The SMILES string of the molecule is C[Si]1(C)c2ccccc2Oc2c(-c3ccc(-c4c(-c5ccccc5)c(-c5ccccc5)cc(-c5ccccc5)c4-c4ccccc4)cc3)cccc21. The van der Waals surface area contributed by atoms with E-state index in [-0.39, 0.29) is 0 Å². The molecule has 0 amide bonds. The molecule has 9 rings (SSSR count). The maximum Gasteiger partial charge on any atom is 0.134 e. The summed E-state index contributed by atoms with van der Waals surface area (Å²) in [5.41, 5.74) is 14.3. The molecular weight excluding hydrogens is 645 g/mol. The van der Waals surface area contributed by atoms with E-state index in [4.69, 9.17) is 4.74 Å². The van der Waals surface area contributed by atoms with Crippen molar-refractivity contribution in [3.63, 3.8) is 0 Å². The van der Waals surface area contributed by atoms with Crippen molar-refractivity contribution in [2.24, 2.45) is 0 Å². The van der Waals surface area contributed by atoms with Gasteiger partial charge in [-0.2, -0.15) is 0 Å². The highest BCUT2D eigenvalue weighted by molar-refractivity contribution is 7.01. The molecule has 0 bridgehead atoms. The van der Waals surface area contributed by atoms with Crippen molar-refractivity contribution in [3.8, 4) is 78.3 Å². The molecule has 52 heavy (non-hydrogen) atoms. The van der Waals surface area contributed by atoms with Crippen LogP contribution >= 0.6 is 0 Å². The summed E-state index contributed by atoms with van der Waals surface area (Å²) >= 11 is 0. The third-order valence-corrected chi connectivity index (χ3v) is 14.1. The van der Waals surface area contributed by atoms with Gasteiger partial charge in [0, 0.05) is 5.56 Å². The second-order valence-corrected chi connectivity index (χ2v) is 18.4. The van der Waals surface area contributed by atoms with Gasteiger partial charge in [-0.15, -0.1) is 0 Å². The Balaban J connectivity index is 1.31. The van der Waals surface area contributed by atoms with Gasteiger partial charge in [0.15, 0.2) is 0 Å². The molecule has 0 aromatic heterocycles. The fourth-order valence-electron chi connectivity index (χ4n) is 7.98. The first-order chi connectivity index (χ1) is 25.6. The average Bonchev–Trinajstić information content (AvgIpc) is 3.21. The van der Waals surface area contributed by atoms with Gasteiger partial charge in [0.2, 0.25) is 0 Å². The second kappa shape index (κ2) is 13.2. The Morgan fingerprint density at radius 1 is 0.327 bits per heavy atom. The molecule has 8 aromatic carbocycles. The zero-order chi connectivity index (χ0) is 35.1. The summed E-state index contributed by atoms with van der Waals surface area (Å²) in [6, 6.07) is 70.2. The van der Waals surface area contributed by atoms with E-state index in [0.29, 0.717) is 0 Å². The smallest absolute Gasteiger partial charge is 0.134 e. The van der Waals surface area contributed by atoms with Crippen molar-refractivity contribution in [1.29, 1.82) is 0 Å². The summed E-state index contributed by atoms with van der Waals surface area (Å²) in [6.07, 6.45) is 0. The molecule has 248 valence electrons. The summed E-state index contributed by atoms with van der Waals surface area (Å²) in [6.45, 7) is 4.86. The minimum atomic E-state index is -1.95. The first kappa shape index (κ1) is 31.7. The Labute approximate surface area is 307 Å². The van der Waals surface area contributed by atoms with E-state index in [1.807, 2.05) is 0 Å². The van der Waals surface area contributed by atoms with E-state index in [2.05, 4.69) is 207 Å². The first-order valence-electron chi connectivity index (χ1n) is 18.0. The van der Waals surface area contributed by atoms with Crippen molar-refractivity contribution >= 4 is 18.4 Å². The summed E-state index contributed by atoms with van der Waals surface area (Å²) in [4.78, 5) is 0. The summed E-state index contributed by atoms with van der Waals surface area (Å²) in [5, 5.41) is 2.69. The molecule has 2 heteroatoms. The number of para-hydroxylation sites is 2. The van der Waals surface area contributed by atoms with Crippen LogP contribution in [0.25, 0.3) is 66.8 Å². The fraction of sp³-hybridized carbons (Fsp3) is 0.0400. The first-order valence-corrected chi connectivity index (χ1v) is 21.0. The van der Waals surface area contributed by atoms with Gasteiger partial charge >= 0.3 is 0 Å². The van der Waals surface area contributed by atoms with Crippen molar-refractivity contribution in [1.82, 2.24) is 0 Å². The van der Waals surface area contributed by atoms with Crippen LogP contribution in [0.3, 0.4) is 0 Å². The maximum atomic E-state index is 6.73. The van der Waals surface area contributed by atoms with Crippen LogP contribution in [0.15, 0.2) is 194 Å². The normalized spacial score (nSPS) is 12.7. The number of hydrogen-bond acceptors (Lipinski definition) is 1. The van der Waals surface area contributed by atoms with Crippen molar-refractivity contribution in [2.75, 3.05) is 0 Å². The predicted octanol–water partition coefficient (Wildman–Crippen LogP) is 12.6. The molecule has 1 aliphatic rings. The third kappa shape index (κ3) is 5.49. The summed E-state index contributed by atoms with van der Waals surface area (Å²) < 4.78 is 6.73. The Morgan fingerprint density at radius 3 is 1.27 bits per heavy atom. The Hall–Kier alpha value is -6.22. The van der Waals surface area contributed by atoms with Gasteiger partial charge in [-0.3, -0.25) is 0 Å². The third-order valence-electron chi connectivity index (χ3n) is 10.6. The van der Waals surface area contributed by atoms with Gasteiger partial charge in [-0.05, 0) is 83.7 Å². The number of ether oxygens (including phenoxy) is 1. The number of fused-ring (bicyclic) bond motifs is 2. The van der Waals surface area contributed by atoms with Gasteiger partial charge in [0.05, 0.1) is 0 Å². The number of rotatable bonds is 6. The zero-order valence-corrected chi connectivity index (χ0v) is 30.4. The topological polar surface area (TPSA) is 9.23 Å². The molecule has 1 nitrogen and oxygen atoms in total. The van der Waals surface area contributed by atoms with Crippen LogP contribution < -0.4 is 15.1 Å². The van der Waals surface area contributed by atoms with Crippen LogP contribution in [0.1, 0.15) is 0 Å². The van der Waals surface area contributed by atoms with E-state index in [1.54, 1.807) is 0 Å². The lowest BCUT2D eigenvalue weighted by molar-refractivity contribution is 0.488. The van der Waals surface area contributed by atoms with Crippen LogP contribution in [0.5, 0.6) is 11.5 Å². The molecule has 0 radical (unpaired) electrons. The van der Waals surface area contributed by atoms with E-state index in [9.17, 15) is 0 Å². The average molecular weight is 683 g/mol. The zero-order valence-electron chi connectivity index (χ0n) is 29.4. The summed E-state index contributed by atoms with van der Waals surface area (Å²) in [7, 11) is -1.95. The number of benzene rings is 8. The van der Waals surface area contributed by atoms with Gasteiger partial charge in [-0.1, -0.05) is 195 Å². The van der Waals surface area contributed by atoms with E-state index in [1.165, 1.54) is 66.0 Å². The van der Waals surface area contributed by atoms with Gasteiger partial charge < -0.3 is 4.74 Å². The molecule has 0 N–H and O–H groups in total. The van der Waals surface area contributed by atoms with E-state index in [0.717, 1.165) is 22.6 Å². The lowest BCUT2D eigenvalue weighted by Gasteiger charge is -2.34. The van der Waals surface area contributed by atoms with Crippen LogP contribution in [0.4, 0.5) is 0 Å². The van der Waals surface area contributed by atoms with Gasteiger partial charge in [-0.25, -0.2) is 0 Å². The van der Waals surface area contributed by atoms with Crippen LogP contribution in [0.2, 0.25) is 13.1 Å². The van der Waals surface area contributed by atoms with Crippen molar-refractivity contribution < 1.29 is 4.74 Å². The molecule has 0 aliphatic carbocycles. The quantitative estimate of drug-likeness (QED) is 0.159. The maximum absolute atomic E-state index is 6.73. The standard InChI is InChI=1S/C50H38OSi/c1-52(2)45-28-16-15-27-44(45)51-50-41(26-17-29-46(50)52)37-30-32-40(33-31-37)49-47(38-22-11-5-12-23-38)42(35-18-7-3-8-19-35)34-43(36-20-9-4-10-21-36)48(49)39-24-13-6-14-25-39/h3-34H,1-2H3. The molecule has 0 atom stereocenters. The molecule has 0 fully saturated rings. The Bertz CT molecular complexity index is 2420. The Kier molecular flexibility index (Phi) is 8.03. The van der Waals surface area contributed by atoms with Gasteiger partial charge in [0.1, 0.15) is 19.6 Å². The minimum absolute atomic E-state index is 0.988. The van der Waals surface area contributed by atoms with E-state index < -0.39 is 8.07 Å². The lowest BCUT2D eigenvalue weighted by atomic mass is 9.78. The van der Waals surface area contributed by atoms with Crippen LogP contribution in [-0.4, -0.2) is 8.07 Å². The molecule has 0 unspecified atom stereocenters. The predicted molar refractivity (Wildman–Crippen MR) is 222 cm³/mol. The Morgan fingerprint density at radius 2 is 0.731 bits per heavy atom. The lowest BCUT2D eigenvalue weighted by Crippen LogP contribution is -2.56. The molecule has 0 saturated carbocycles. The largest absolute Gasteiger partial charge is 0.457 e. The highest BCUT2D eigenvalue weighted by Crippen LogP contribution is 2.50. The highest BCUT2D eigenvalue weighted by atomic mass is 28.3. The monoisotopic (exact) mass is 682 g/mol.